The maximum Gasteiger partial charge on any atom is 0.268 e. The molecule has 1 amide bonds. The number of aliphatic hydroxyl groups excluding tert-OH is 1. The van der Waals surface area contributed by atoms with Gasteiger partial charge in [0.1, 0.15) is 13.2 Å². The van der Waals surface area contributed by atoms with Gasteiger partial charge in [0.15, 0.2) is 0 Å². The van der Waals surface area contributed by atoms with Crippen molar-refractivity contribution in [3.63, 3.8) is 0 Å². The van der Waals surface area contributed by atoms with E-state index in [-0.39, 0.29) is 19.1 Å². The van der Waals surface area contributed by atoms with Crippen LogP contribution in [0.2, 0.25) is 0 Å². The Balaban J connectivity index is 3.98. The molecule has 0 rings (SSSR count). The number of nitrogens with zero attached hydrogens (tertiary/aromatic N) is 1. The van der Waals surface area contributed by atoms with Crippen molar-refractivity contribution < 1.29 is 32.9 Å². The Kier molecular flexibility index (Phi) is 35.8. The van der Waals surface area contributed by atoms with Gasteiger partial charge in [0, 0.05) is 6.42 Å². The minimum absolute atomic E-state index is 0.0151. The molecule has 0 aromatic rings. The Labute approximate surface area is 323 Å². The Morgan fingerprint density at radius 2 is 0.942 bits per heavy atom. The molecule has 312 valence electrons. The lowest BCUT2D eigenvalue weighted by Crippen LogP contribution is -2.46. The van der Waals surface area contributed by atoms with Crippen molar-refractivity contribution in [3.05, 3.63) is 0 Å². The molecule has 0 spiro atoms. The Morgan fingerprint density at radius 3 is 1.31 bits per heavy atom. The van der Waals surface area contributed by atoms with Crippen LogP contribution in [0, 0.1) is 0 Å². The van der Waals surface area contributed by atoms with Gasteiger partial charge in [0.25, 0.3) is 7.82 Å². The lowest BCUT2D eigenvalue weighted by atomic mass is 10.0. The molecule has 0 aromatic heterocycles. The molecule has 0 radical (unpaired) electrons. The highest BCUT2D eigenvalue weighted by atomic mass is 31.2. The molecule has 0 aliphatic carbocycles. The molecule has 0 bridgehead atoms. The number of amides is 1. The SMILES string of the molecule is CCCCCCCCCCCCCCCCCCCCCCCCCCC(=O)NC(COP(=O)([O-])OCC[N+](C)(C)C)C(O)CCCCCCCC. The van der Waals surface area contributed by atoms with Gasteiger partial charge in [-0.1, -0.05) is 200 Å². The number of likely N-dealkylation sites (N-methyl/N-ethyl adjacent to an activating group) is 1. The lowest BCUT2D eigenvalue weighted by molar-refractivity contribution is -0.870. The quantitative estimate of drug-likeness (QED) is 0.0365. The first-order valence-electron chi connectivity index (χ1n) is 22.4. The Hall–Kier alpha value is -0.500. The smallest absolute Gasteiger partial charge is 0.268 e. The van der Waals surface area contributed by atoms with Crippen LogP contribution >= 0.6 is 7.82 Å². The maximum absolute atomic E-state index is 12.8. The summed E-state index contributed by atoms with van der Waals surface area (Å²) in [7, 11) is 1.31. The van der Waals surface area contributed by atoms with E-state index in [4.69, 9.17) is 9.05 Å². The van der Waals surface area contributed by atoms with Gasteiger partial charge in [-0.3, -0.25) is 9.36 Å². The van der Waals surface area contributed by atoms with Crippen molar-refractivity contribution in [2.75, 3.05) is 40.9 Å². The van der Waals surface area contributed by atoms with Gasteiger partial charge >= 0.3 is 0 Å². The largest absolute Gasteiger partial charge is 0.756 e. The average molecular weight is 761 g/mol. The van der Waals surface area contributed by atoms with Crippen LogP contribution < -0.4 is 10.2 Å². The van der Waals surface area contributed by atoms with E-state index in [0.29, 0.717) is 23.9 Å². The molecule has 9 heteroatoms. The van der Waals surface area contributed by atoms with Crippen LogP contribution in [0.15, 0.2) is 0 Å². The zero-order valence-electron chi connectivity index (χ0n) is 35.3. The predicted octanol–water partition coefficient (Wildman–Crippen LogP) is 11.6. The van der Waals surface area contributed by atoms with Crippen LogP contribution in [-0.4, -0.2) is 68.5 Å². The number of unbranched alkanes of at least 4 members (excludes halogenated alkanes) is 28. The number of hydrogen-bond donors (Lipinski definition) is 2. The number of phosphoric ester groups is 1. The minimum atomic E-state index is -4.54. The summed E-state index contributed by atoms with van der Waals surface area (Å²) in [5.74, 6) is -0.166. The fraction of sp³-hybridized carbons (Fsp3) is 0.977. The van der Waals surface area contributed by atoms with E-state index in [2.05, 4.69) is 19.2 Å². The van der Waals surface area contributed by atoms with E-state index in [1.807, 2.05) is 21.1 Å². The second-order valence-electron chi connectivity index (χ2n) is 16.8. The highest BCUT2D eigenvalue weighted by molar-refractivity contribution is 7.45. The van der Waals surface area contributed by atoms with Crippen LogP contribution in [0.4, 0.5) is 0 Å². The number of quaternary nitrogens is 1. The Morgan fingerprint density at radius 1 is 0.596 bits per heavy atom. The molecule has 52 heavy (non-hydrogen) atoms. The molecule has 0 saturated heterocycles. The first-order valence-corrected chi connectivity index (χ1v) is 23.8. The molecule has 8 nitrogen and oxygen atoms in total. The first-order chi connectivity index (χ1) is 25.0. The summed E-state index contributed by atoms with van der Waals surface area (Å²) in [5, 5.41) is 13.7. The fourth-order valence-corrected chi connectivity index (χ4v) is 7.47. The number of carbonyl (C=O) groups excluding carboxylic acids is 1. The monoisotopic (exact) mass is 761 g/mol. The molecular formula is C43H89N2O6P. The molecule has 0 saturated carbocycles. The molecule has 2 N–H and O–H groups in total. The van der Waals surface area contributed by atoms with E-state index in [1.165, 1.54) is 154 Å². The van der Waals surface area contributed by atoms with Crippen molar-refractivity contribution in [1.29, 1.82) is 0 Å². The van der Waals surface area contributed by atoms with E-state index < -0.39 is 20.0 Å². The summed E-state index contributed by atoms with van der Waals surface area (Å²) in [4.78, 5) is 25.1. The van der Waals surface area contributed by atoms with Crippen molar-refractivity contribution in [2.24, 2.45) is 0 Å². The standard InChI is InChI=1S/C43H89N2O6P/c1-6-8-10-12-14-15-16-17-18-19-20-21-22-23-24-25-26-27-28-29-30-31-33-35-37-43(47)44-41(42(46)36-34-32-13-11-9-7-2)40-51-52(48,49)50-39-38-45(3,4)5/h41-42,46H,6-40H2,1-5H3,(H-,44,47,48,49). The number of aliphatic hydroxyl groups is 1. The molecule has 0 aliphatic rings. The number of rotatable bonds is 41. The van der Waals surface area contributed by atoms with Crippen LogP contribution in [-0.2, 0) is 18.4 Å². The lowest BCUT2D eigenvalue weighted by Gasteiger charge is -2.30. The third kappa shape index (κ3) is 37.8. The van der Waals surface area contributed by atoms with Crippen LogP contribution in [0.1, 0.15) is 219 Å². The van der Waals surface area contributed by atoms with Gasteiger partial charge in [-0.05, 0) is 12.8 Å². The summed E-state index contributed by atoms with van der Waals surface area (Å²) < 4.78 is 23.1. The van der Waals surface area contributed by atoms with Crippen molar-refractivity contribution in [2.45, 2.75) is 231 Å². The van der Waals surface area contributed by atoms with Crippen molar-refractivity contribution in [1.82, 2.24) is 5.32 Å². The van der Waals surface area contributed by atoms with Crippen LogP contribution in [0.25, 0.3) is 0 Å². The molecular weight excluding hydrogens is 671 g/mol. The van der Waals surface area contributed by atoms with Gasteiger partial charge in [-0.15, -0.1) is 0 Å². The average Bonchev–Trinajstić information content (AvgIpc) is 3.09. The predicted molar refractivity (Wildman–Crippen MR) is 219 cm³/mol. The number of hydrogen-bond acceptors (Lipinski definition) is 6. The van der Waals surface area contributed by atoms with Gasteiger partial charge in [0.05, 0.1) is 39.9 Å². The second kappa shape index (κ2) is 36.2. The molecule has 3 atom stereocenters. The second-order valence-corrected chi connectivity index (χ2v) is 18.2. The third-order valence-electron chi connectivity index (χ3n) is 10.3. The maximum atomic E-state index is 12.8. The van der Waals surface area contributed by atoms with E-state index >= 15 is 0 Å². The molecule has 0 aliphatic heterocycles. The first kappa shape index (κ1) is 51.5. The topological polar surface area (TPSA) is 108 Å². The molecule has 3 unspecified atom stereocenters. The zero-order valence-corrected chi connectivity index (χ0v) is 36.2. The van der Waals surface area contributed by atoms with Crippen LogP contribution in [0.3, 0.4) is 0 Å². The number of carbonyl (C=O) groups is 1. The van der Waals surface area contributed by atoms with E-state index in [0.717, 1.165) is 38.5 Å². The highest BCUT2D eigenvalue weighted by Crippen LogP contribution is 2.38. The van der Waals surface area contributed by atoms with Crippen LogP contribution in [0.5, 0.6) is 0 Å². The minimum Gasteiger partial charge on any atom is -0.756 e. The third-order valence-corrected chi connectivity index (χ3v) is 11.3. The van der Waals surface area contributed by atoms with Gasteiger partial charge < -0.3 is 28.8 Å². The Bertz CT molecular complexity index is 824. The summed E-state index contributed by atoms with van der Waals surface area (Å²) in [6, 6.07) is -0.790. The summed E-state index contributed by atoms with van der Waals surface area (Å²) in [6.07, 6.45) is 38.6. The number of phosphoric acid groups is 1. The van der Waals surface area contributed by atoms with Crippen molar-refractivity contribution in [3.8, 4) is 0 Å². The molecule has 0 fully saturated rings. The summed E-state index contributed by atoms with van der Waals surface area (Å²) >= 11 is 0. The molecule has 0 aromatic carbocycles. The summed E-state index contributed by atoms with van der Waals surface area (Å²) in [5.41, 5.74) is 0. The van der Waals surface area contributed by atoms with Gasteiger partial charge in [-0.25, -0.2) is 0 Å². The normalized spacial score (nSPS) is 14.4. The summed E-state index contributed by atoms with van der Waals surface area (Å²) in [6.45, 7) is 4.67. The van der Waals surface area contributed by atoms with Gasteiger partial charge in [-0.2, -0.15) is 0 Å². The van der Waals surface area contributed by atoms with Crippen molar-refractivity contribution >= 4 is 13.7 Å². The highest BCUT2D eigenvalue weighted by Gasteiger charge is 2.24. The number of nitrogens with one attached hydrogen (secondary N) is 1. The zero-order chi connectivity index (χ0) is 38.6. The molecule has 0 heterocycles. The van der Waals surface area contributed by atoms with Gasteiger partial charge in [0.2, 0.25) is 5.91 Å². The fourth-order valence-electron chi connectivity index (χ4n) is 6.75. The van der Waals surface area contributed by atoms with E-state index in [1.54, 1.807) is 0 Å². The van der Waals surface area contributed by atoms with E-state index in [9.17, 15) is 19.4 Å².